The first kappa shape index (κ1) is 38.9. The summed E-state index contributed by atoms with van der Waals surface area (Å²) in [6, 6.07) is 34.4. The minimum atomic E-state index is -0.258. The van der Waals surface area contributed by atoms with Crippen LogP contribution in [0, 0.1) is 6.92 Å². The number of thioether (sulfide) groups is 1. The Morgan fingerprint density at radius 1 is 0.839 bits per heavy atom. The van der Waals surface area contributed by atoms with Crippen LogP contribution in [-0.2, 0) is 5.41 Å². The van der Waals surface area contributed by atoms with Gasteiger partial charge in [-0.15, -0.1) is 11.8 Å². The van der Waals surface area contributed by atoms with Gasteiger partial charge < -0.3 is 4.90 Å². The summed E-state index contributed by atoms with van der Waals surface area (Å²) in [6.45, 7) is 17.9. The lowest BCUT2D eigenvalue weighted by atomic mass is 9.77. The third-order valence-corrected chi connectivity index (χ3v) is 12.3. The van der Waals surface area contributed by atoms with Crippen molar-refractivity contribution < 1.29 is 0 Å². The molecule has 0 amide bonds. The van der Waals surface area contributed by atoms with Gasteiger partial charge in [-0.1, -0.05) is 161 Å². The van der Waals surface area contributed by atoms with Gasteiger partial charge in [0, 0.05) is 27.3 Å². The zero-order valence-corrected chi connectivity index (χ0v) is 35.1. The van der Waals surface area contributed by atoms with Crippen LogP contribution in [0.15, 0.2) is 168 Å². The lowest BCUT2D eigenvalue weighted by Crippen LogP contribution is -2.27. The maximum Gasteiger partial charge on any atom is 0.0590 e. The lowest BCUT2D eigenvalue weighted by Gasteiger charge is -2.37. The molecule has 0 N–H and O–H groups in total. The summed E-state index contributed by atoms with van der Waals surface area (Å²) < 4.78 is 0. The molecule has 5 aromatic carbocycles. The minimum Gasteiger partial charge on any atom is -0.313 e. The number of hydrogen-bond acceptors (Lipinski definition) is 2. The number of allylic oxidation sites excluding steroid dienone is 10. The highest BCUT2D eigenvalue weighted by Gasteiger charge is 2.41. The summed E-state index contributed by atoms with van der Waals surface area (Å²) in [5.74, 6) is 0. The molecule has 282 valence electrons. The van der Waals surface area contributed by atoms with E-state index in [9.17, 15) is 0 Å². The van der Waals surface area contributed by atoms with Crippen LogP contribution in [0.1, 0.15) is 82.6 Å². The summed E-state index contributed by atoms with van der Waals surface area (Å²) >= 11 is 1.79. The van der Waals surface area contributed by atoms with E-state index in [2.05, 4.69) is 199 Å². The van der Waals surface area contributed by atoms with Crippen molar-refractivity contribution in [3.05, 3.63) is 190 Å². The van der Waals surface area contributed by atoms with E-state index in [0.29, 0.717) is 0 Å². The molecule has 0 bridgehead atoms. The first-order valence-electron chi connectivity index (χ1n) is 20.1. The molecule has 0 fully saturated rings. The van der Waals surface area contributed by atoms with Crippen LogP contribution in [0.2, 0.25) is 0 Å². The van der Waals surface area contributed by atoms with Gasteiger partial charge in [0.1, 0.15) is 0 Å². The number of aryl methyl sites for hydroxylation is 1. The van der Waals surface area contributed by atoms with Gasteiger partial charge >= 0.3 is 0 Å². The van der Waals surface area contributed by atoms with E-state index in [-0.39, 0.29) is 5.41 Å². The molecule has 1 nitrogen and oxygen atoms in total. The molecular weight excluding hydrogens is 695 g/mol. The first-order valence-corrected chi connectivity index (χ1v) is 21.4. The Kier molecular flexibility index (Phi) is 11.7. The highest BCUT2D eigenvalue weighted by Crippen LogP contribution is 2.59. The topological polar surface area (TPSA) is 3.24 Å². The van der Waals surface area contributed by atoms with Crippen molar-refractivity contribution in [3.63, 3.8) is 0 Å². The first-order chi connectivity index (χ1) is 27.2. The molecule has 0 saturated carbocycles. The van der Waals surface area contributed by atoms with E-state index >= 15 is 0 Å². The van der Waals surface area contributed by atoms with Crippen LogP contribution < -0.4 is 4.90 Å². The number of benzene rings is 5. The fourth-order valence-electron chi connectivity index (χ4n) is 8.63. The maximum absolute atomic E-state index is 4.02. The van der Waals surface area contributed by atoms with E-state index in [4.69, 9.17) is 0 Å². The molecule has 2 aliphatic rings. The molecule has 0 heterocycles. The van der Waals surface area contributed by atoms with E-state index < -0.39 is 0 Å². The van der Waals surface area contributed by atoms with Crippen molar-refractivity contribution in [2.75, 3.05) is 11.2 Å². The molecule has 0 radical (unpaired) electrons. The van der Waals surface area contributed by atoms with Crippen molar-refractivity contribution >= 4 is 34.3 Å². The molecule has 0 saturated heterocycles. The quantitative estimate of drug-likeness (QED) is 0.117. The second-order valence-electron chi connectivity index (χ2n) is 15.6. The fourth-order valence-corrected chi connectivity index (χ4v) is 9.24. The number of unbranched alkanes of at least 4 members (excludes halogenated alkanes) is 1. The number of hydrogen-bond donors (Lipinski definition) is 0. The fraction of sp³-hybridized carbons (Fsp3) is 0.222. The van der Waals surface area contributed by atoms with Crippen LogP contribution in [-0.4, -0.2) is 6.26 Å². The average molecular weight is 750 g/mol. The van der Waals surface area contributed by atoms with Gasteiger partial charge in [-0.2, -0.15) is 0 Å². The third kappa shape index (κ3) is 7.48. The molecule has 56 heavy (non-hydrogen) atoms. The standard InChI is InChI=1S/C54H55NS/c1-9-11-14-21-37(3)33-40-29-31-41(32-30-40)51-47(46-35-43-23-18-17-22-42(43)34-38(46)4)36-48-45-26-19-20-27-49(45)54(6,7)52(48)53(51)55(44-24-15-13-16-25-44)39(5)50(56-8)28-12-10-2/h10,12,14-15,17-36H,2,9,11,13,16H2,1,3-8H3/b21-14-,28-12-,37-33+,50-39-. The smallest absolute Gasteiger partial charge is 0.0590 e. The Hall–Kier alpha value is -5.31. The van der Waals surface area contributed by atoms with Crippen molar-refractivity contribution in [1.29, 1.82) is 0 Å². The maximum atomic E-state index is 4.02. The summed E-state index contributed by atoms with van der Waals surface area (Å²) in [7, 11) is 0. The number of anilines is 1. The summed E-state index contributed by atoms with van der Waals surface area (Å²) in [4.78, 5) is 3.80. The molecule has 5 aromatic rings. The van der Waals surface area contributed by atoms with Gasteiger partial charge in [0.05, 0.1) is 5.69 Å². The number of fused-ring (bicyclic) bond motifs is 4. The Balaban J connectivity index is 1.64. The Morgan fingerprint density at radius 3 is 2.27 bits per heavy atom. The molecule has 0 spiro atoms. The van der Waals surface area contributed by atoms with E-state index in [1.54, 1.807) is 11.8 Å². The summed E-state index contributed by atoms with van der Waals surface area (Å²) in [5, 5.41) is 2.51. The van der Waals surface area contributed by atoms with Crippen LogP contribution in [0.25, 0.3) is 50.2 Å². The van der Waals surface area contributed by atoms with Crippen molar-refractivity contribution in [3.8, 4) is 33.4 Å². The Morgan fingerprint density at radius 2 is 1.57 bits per heavy atom. The Bertz CT molecular complexity index is 2480. The highest BCUT2D eigenvalue weighted by atomic mass is 32.2. The van der Waals surface area contributed by atoms with Crippen molar-refractivity contribution in [2.24, 2.45) is 0 Å². The molecule has 2 aliphatic carbocycles. The van der Waals surface area contributed by atoms with E-state index in [1.807, 2.05) is 6.08 Å². The zero-order valence-electron chi connectivity index (χ0n) is 34.2. The minimum absolute atomic E-state index is 0.258. The highest BCUT2D eigenvalue weighted by molar-refractivity contribution is 8.02. The SMILES string of the molecule is C=C/C=C\C(SC)=C(/C)N(C1=CCCC=C1)c1c(-c2ccc(/C=C(C)/C=C\CCC)cc2)c(-c2cc3ccccc3cc2C)cc2c1C(C)(C)c1ccccc1-2. The molecule has 0 aromatic heterocycles. The van der Waals surface area contributed by atoms with Gasteiger partial charge in [-0.3, -0.25) is 0 Å². The van der Waals surface area contributed by atoms with Gasteiger partial charge in [0.2, 0.25) is 0 Å². The normalized spacial score (nSPS) is 15.3. The van der Waals surface area contributed by atoms with Gasteiger partial charge in [0.25, 0.3) is 0 Å². The number of rotatable bonds is 12. The summed E-state index contributed by atoms with van der Waals surface area (Å²) in [5.41, 5.74) is 17.5. The largest absolute Gasteiger partial charge is 0.313 e. The molecular formula is C54H55NS. The zero-order chi connectivity index (χ0) is 39.4. The van der Waals surface area contributed by atoms with Crippen LogP contribution in [0.3, 0.4) is 0 Å². The molecule has 0 aliphatic heterocycles. The predicted molar refractivity (Wildman–Crippen MR) is 249 cm³/mol. The predicted octanol–water partition coefficient (Wildman–Crippen LogP) is 15.9. The van der Waals surface area contributed by atoms with Crippen molar-refractivity contribution in [2.45, 2.75) is 72.6 Å². The van der Waals surface area contributed by atoms with Gasteiger partial charge in [-0.25, -0.2) is 0 Å². The number of nitrogens with zero attached hydrogens (tertiary/aromatic N) is 1. The van der Waals surface area contributed by atoms with E-state index in [0.717, 1.165) is 25.7 Å². The summed E-state index contributed by atoms with van der Waals surface area (Å²) in [6.07, 6.45) is 26.6. The molecule has 2 heteroatoms. The average Bonchev–Trinajstić information content (AvgIpc) is 3.44. The third-order valence-electron chi connectivity index (χ3n) is 11.4. The monoisotopic (exact) mass is 749 g/mol. The molecule has 0 atom stereocenters. The van der Waals surface area contributed by atoms with Gasteiger partial charge in [-0.05, 0) is 131 Å². The second-order valence-corrected chi connectivity index (χ2v) is 16.5. The van der Waals surface area contributed by atoms with Crippen LogP contribution in [0.5, 0.6) is 0 Å². The van der Waals surface area contributed by atoms with Crippen LogP contribution >= 0.6 is 11.8 Å². The second kappa shape index (κ2) is 16.8. The molecule has 0 unspecified atom stereocenters. The van der Waals surface area contributed by atoms with E-state index in [1.165, 1.54) is 94.0 Å². The van der Waals surface area contributed by atoms with Crippen LogP contribution in [0.4, 0.5) is 5.69 Å². The molecule has 7 rings (SSSR count). The Labute approximate surface area is 340 Å². The lowest BCUT2D eigenvalue weighted by molar-refractivity contribution is 0.659. The van der Waals surface area contributed by atoms with Gasteiger partial charge in [0.15, 0.2) is 0 Å². The van der Waals surface area contributed by atoms with Crippen molar-refractivity contribution in [1.82, 2.24) is 0 Å².